The van der Waals surface area contributed by atoms with Gasteiger partial charge in [-0.25, -0.2) is 13.1 Å². The van der Waals surface area contributed by atoms with Crippen molar-refractivity contribution in [3.8, 4) is 12.3 Å². The van der Waals surface area contributed by atoms with Crippen molar-refractivity contribution in [2.45, 2.75) is 37.4 Å². The molecule has 0 saturated carbocycles. The average Bonchev–Trinajstić information content (AvgIpc) is 2.78. The van der Waals surface area contributed by atoms with Crippen LogP contribution in [0.3, 0.4) is 0 Å². The molecule has 6 heteroatoms. The van der Waals surface area contributed by atoms with E-state index in [1.165, 1.54) is 6.07 Å². The lowest BCUT2D eigenvalue weighted by atomic mass is 10.2. The molecule has 1 rings (SSSR count). The van der Waals surface area contributed by atoms with Crippen LogP contribution in [0.15, 0.2) is 21.6 Å². The second-order valence-electron chi connectivity index (χ2n) is 3.89. The Morgan fingerprint density at radius 3 is 2.78 bits per heavy atom. The van der Waals surface area contributed by atoms with Gasteiger partial charge in [-0.05, 0) is 25.6 Å². The Kier molecular flexibility index (Phi) is 5.41. The highest BCUT2D eigenvalue weighted by atomic mass is 32.2. The first kappa shape index (κ1) is 14.8. The molecule has 0 fully saturated rings. The third-order valence-corrected chi connectivity index (χ3v) is 3.82. The molecule has 0 amide bonds. The monoisotopic (exact) mass is 270 g/mol. The maximum atomic E-state index is 12.0. The summed E-state index contributed by atoms with van der Waals surface area (Å²) in [4.78, 5) is 0. The van der Waals surface area contributed by atoms with E-state index in [2.05, 4.69) is 16.0 Å². The second kappa shape index (κ2) is 6.59. The lowest BCUT2D eigenvalue weighted by Gasteiger charge is -2.12. The largest absolute Gasteiger partial charge is 0.447 e. The molecule has 18 heavy (non-hydrogen) atoms. The second-order valence-corrected chi connectivity index (χ2v) is 5.53. The predicted molar refractivity (Wildman–Crippen MR) is 69.3 cm³/mol. The van der Waals surface area contributed by atoms with Crippen LogP contribution in [0, 0.1) is 12.3 Å². The summed E-state index contributed by atoms with van der Waals surface area (Å²) in [7, 11) is -1.87. The van der Waals surface area contributed by atoms with E-state index in [1.807, 2.05) is 6.92 Å². The van der Waals surface area contributed by atoms with Gasteiger partial charge in [0.25, 0.3) is 10.0 Å². The van der Waals surface area contributed by atoms with Gasteiger partial charge >= 0.3 is 0 Å². The third kappa shape index (κ3) is 3.88. The first-order valence-corrected chi connectivity index (χ1v) is 7.21. The molecule has 1 unspecified atom stereocenters. The van der Waals surface area contributed by atoms with Crippen molar-refractivity contribution in [2.24, 2.45) is 0 Å². The molecule has 0 aliphatic rings. The summed E-state index contributed by atoms with van der Waals surface area (Å²) in [6, 6.07) is 2.81. The molecule has 0 radical (unpaired) electrons. The van der Waals surface area contributed by atoms with Crippen molar-refractivity contribution in [1.82, 2.24) is 10.0 Å². The van der Waals surface area contributed by atoms with E-state index in [0.29, 0.717) is 25.1 Å². The van der Waals surface area contributed by atoms with Crippen molar-refractivity contribution in [2.75, 3.05) is 7.05 Å². The fourth-order valence-electron chi connectivity index (χ4n) is 1.46. The lowest BCUT2D eigenvalue weighted by molar-refractivity contribution is 0.401. The van der Waals surface area contributed by atoms with Crippen LogP contribution >= 0.6 is 0 Å². The minimum Gasteiger partial charge on any atom is -0.447 e. The number of rotatable bonds is 7. The number of sulfonamides is 1. The van der Waals surface area contributed by atoms with Crippen molar-refractivity contribution in [3.63, 3.8) is 0 Å². The topological polar surface area (TPSA) is 71.3 Å². The Morgan fingerprint density at radius 2 is 2.22 bits per heavy atom. The summed E-state index contributed by atoms with van der Waals surface area (Å²) < 4.78 is 31.8. The summed E-state index contributed by atoms with van der Waals surface area (Å²) >= 11 is 0. The van der Waals surface area contributed by atoms with Crippen LogP contribution in [0.5, 0.6) is 0 Å². The van der Waals surface area contributed by atoms with Crippen LogP contribution in [0.4, 0.5) is 0 Å². The van der Waals surface area contributed by atoms with Crippen LogP contribution in [0.2, 0.25) is 0 Å². The van der Waals surface area contributed by atoms with Crippen molar-refractivity contribution in [1.29, 1.82) is 0 Å². The molecular formula is C12H18N2O3S. The number of furan rings is 1. The van der Waals surface area contributed by atoms with Gasteiger partial charge in [-0.1, -0.05) is 6.92 Å². The smallest absolute Gasteiger partial charge is 0.274 e. The first-order chi connectivity index (χ1) is 8.53. The molecule has 0 aliphatic heterocycles. The molecule has 1 aromatic heterocycles. The molecule has 1 heterocycles. The van der Waals surface area contributed by atoms with Crippen LogP contribution in [-0.2, 0) is 16.6 Å². The maximum absolute atomic E-state index is 12.0. The van der Waals surface area contributed by atoms with Crippen molar-refractivity contribution >= 4 is 10.0 Å². The molecule has 0 aliphatic carbocycles. The van der Waals surface area contributed by atoms with E-state index in [4.69, 9.17) is 10.8 Å². The van der Waals surface area contributed by atoms with Gasteiger partial charge in [0.1, 0.15) is 5.76 Å². The number of nitrogens with one attached hydrogen (secondary N) is 2. The van der Waals surface area contributed by atoms with E-state index < -0.39 is 10.0 Å². The molecule has 1 atom stereocenters. The van der Waals surface area contributed by atoms with E-state index in [1.54, 1.807) is 13.1 Å². The molecule has 0 saturated heterocycles. The Bertz CT molecular complexity index is 514. The van der Waals surface area contributed by atoms with Crippen LogP contribution in [0.25, 0.3) is 0 Å². The Morgan fingerprint density at radius 1 is 1.50 bits per heavy atom. The van der Waals surface area contributed by atoms with Crippen molar-refractivity contribution in [3.05, 3.63) is 17.9 Å². The Labute approximate surface area is 108 Å². The fourth-order valence-corrected chi connectivity index (χ4v) is 2.73. The summed E-state index contributed by atoms with van der Waals surface area (Å²) in [5.41, 5.74) is 0. The molecular weight excluding hydrogens is 252 g/mol. The third-order valence-electron chi connectivity index (χ3n) is 2.43. The van der Waals surface area contributed by atoms with Gasteiger partial charge in [0, 0.05) is 12.5 Å². The number of hydrogen-bond acceptors (Lipinski definition) is 4. The molecule has 0 spiro atoms. The van der Waals surface area contributed by atoms with E-state index >= 15 is 0 Å². The zero-order valence-electron chi connectivity index (χ0n) is 10.6. The summed E-state index contributed by atoms with van der Waals surface area (Å²) in [5.74, 6) is 3.02. The van der Waals surface area contributed by atoms with Gasteiger partial charge in [-0.3, -0.25) is 0 Å². The average molecular weight is 270 g/mol. The molecule has 2 N–H and O–H groups in total. The first-order valence-electron chi connectivity index (χ1n) is 5.72. The van der Waals surface area contributed by atoms with Crippen LogP contribution < -0.4 is 10.0 Å². The quantitative estimate of drug-likeness (QED) is 0.727. The molecule has 5 nitrogen and oxygen atoms in total. The van der Waals surface area contributed by atoms with Gasteiger partial charge < -0.3 is 9.73 Å². The van der Waals surface area contributed by atoms with E-state index in [-0.39, 0.29) is 11.1 Å². The summed E-state index contributed by atoms with van der Waals surface area (Å²) in [6.07, 6.45) is 6.18. The standard InChI is InChI=1S/C12H18N2O3S/c1-4-6-10(5-2)14-18(15,16)12-8-7-11(17-12)9-13-3/h1,7-8,10,13-14H,5-6,9H2,2-3H3. The maximum Gasteiger partial charge on any atom is 0.274 e. The highest BCUT2D eigenvalue weighted by Crippen LogP contribution is 2.15. The number of hydrogen-bond donors (Lipinski definition) is 2. The fraction of sp³-hybridized carbons (Fsp3) is 0.500. The predicted octanol–water partition coefficient (Wildman–Crippen LogP) is 1.08. The van der Waals surface area contributed by atoms with Crippen molar-refractivity contribution < 1.29 is 12.8 Å². The Balaban J connectivity index is 2.82. The van der Waals surface area contributed by atoms with Gasteiger partial charge in [-0.2, -0.15) is 0 Å². The van der Waals surface area contributed by atoms with Crippen LogP contribution in [-0.4, -0.2) is 21.5 Å². The lowest BCUT2D eigenvalue weighted by Crippen LogP contribution is -2.33. The summed E-state index contributed by atoms with van der Waals surface area (Å²) in [6.45, 7) is 2.36. The molecule has 1 aromatic rings. The molecule has 100 valence electrons. The number of terminal acetylenes is 1. The Hall–Kier alpha value is -1.29. The SMILES string of the molecule is C#CCC(CC)NS(=O)(=O)c1ccc(CNC)o1. The van der Waals surface area contributed by atoms with Gasteiger partial charge in [0.15, 0.2) is 0 Å². The highest BCUT2D eigenvalue weighted by Gasteiger charge is 2.21. The minimum atomic E-state index is -3.63. The van der Waals surface area contributed by atoms with E-state index in [9.17, 15) is 8.42 Å². The van der Waals surface area contributed by atoms with Crippen LogP contribution in [0.1, 0.15) is 25.5 Å². The van der Waals surface area contributed by atoms with Gasteiger partial charge in [0.05, 0.1) is 6.54 Å². The van der Waals surface area contributed by atoms with E-state index in [0.717, 1.165) is 0 Å². The molecule has 0 bridgehead atoms. The normalized spacial score (nSPS) is 13.2. The minimum absolute atomic E-state index is 0.0804. The van der Waals surface area contributed by atoms with Gasteiger partial charge in [-0.15, -0.1) is 12.3 Å². The summed E-state index contributed by atoms with van der Waals surface area (Å²) in [5, 5.41) is 2.81. The zero-order valence-corrected chi connectivity index (χ0v) is 11.4. The molecule has 0 aromatic carbocycles. The highest BCUT2D eigenvalue weighted by molar-refractivity contribution is 7.89. The zero-order chi connectivity index (χ0) is 13.6. The van der Waals surface area contributed by atoms with Gasteiger partial charge in [0.2, 0.25) is 5.09 Å².